The second-order valence-electron chi connectivity index (χ2n) is 3.49. The maximum absolute atomic E-state index is 11.3. The molecule has 0 saturated heterocycles. The van der Waals surface area contributed by atoms with Gasteiger partial charge in [0, 0.05) is 6.54 Å². The molecular formula is C12H14BrNO3. The molecule has 0 aliphatic heterocycles. The van der Waals surface area contributed by atoms with Crippen LogP contribution < -0.4 is 5.32 Å². The van der Waals surface area contributed by atoms with Crippen LogP contribution in [-0.2, 0) is 16.1 Å². The molecule has 0 aliphatic rings. The van der Waals surface area contributed by atoms with Crippen LogP contribution in [0.25, 0.3) is 0 Å². The zero-order valence-electron chi connectivity index (χ0n) is 9.48. The monoisotopic (exact) mass is 299 g/mol. The molecule has 1 aromatic carbocycles. The SMILES string of the molecule is CC(OC(=O)NCc1ccccc1)C(=O)CBr. The molecule has 1 N–H and O–H groups in total. The van der Waals surface area contributed by atoms with Crippen molar-refractivity contribution in [2.24, 2.45) is 0 Å². The predicted molar refractivity (Wildman–Crippen MR) is 68.0 cm³/mol. The lowest BCUT2D eigenvalue weighted by Crippen LogP contribution is -2.31. The van der Waals surface area contributed by atoms with Crippen molar-refractivity contribution < 1.29 is 14.3 Å². The van der Waals surface area contributed by atoms with Crippen LogP contribution >= 0.6 is 15.9 Å². The molecule has 17 heavy (non-hydrogen) atoms. The van der Waals surface area contributed by atoms with Crippen LogP contribution in [0.15, 0.2) is 30.3 Å². The summed E-state index contributed by atoms with van der Waals surface area (Å²) in [5.41, 5.74) is 0.976. The van der Waals surface area contributed by atoms with Crippen LogP contribution in [0.2, 0.25) is 0 Å². The number of hydrogen-bond donors (Lipinski definition) is 1. The van der Waals surface area contributed by atoms with E-state index in [2.05, 4.69) is 21.2 Å². The van der Waals surface area contributed by atoms with Gasteiger partial charge in [0.1, 0.15) is 0 Å². The van der Waals surface area contributed by atoms with E-state index < -0.39 is 12.2 Å². The molecular weight excluding hydrogens is 286 g/mol. The molecule has 0 heterocycles. The fourth-order valence-electron chi connectivity index (χ4n) is 1.15. The number of rotatable bonds is 5. The van der Waals surface area contributed by atoms with Crippen molar-refractivity contribution in [3.63, 3.8) is 0 Å². The first-order valence-electron chi connectivity index (χ1n) is 5.20. The smallest absolute Gasteiger partial charge is 0.408 e. The number of alkyl carbamates (subject to hydrolysis) is 1. The van der Waals surface area contributed by atoms with E-state index in [1.54, 1.807) is 6.92 Å². The zero-order chi connectivity index (χ0) is 12.7. The second kappa shape index (κ2) is 7.06. The Hall–Kier alpha value is -1.36. The Kier molecular flexibility index (Phi) is 5.69. The lowest BCUT2D eigenvalue weighted by atomic mass is 10.2. The van der Waals surface area contributed by atoms with Gasteiger partial charge in [-0.1, -0.05) is 46.3 Å². The van der Waals surface area contributed by atoms with Gasteiger partial charge in [-0.25, -0.2) is 4.79 Å². The van der Waals surface area contributed by atoms with Gasteiger partial charge in [0.05, 0.1) is 5.33 Å². The summed E-state index contributed by atoms with van der Waals surface area (Å²) in [6.07, 6.45) is -1.32. The summed E-state index contributed by atoms with van der Waals surface area (Å²) < 4.78 is 4.90. The fourth-order valence-corrected chi connectivity index (χ4v) is 1.60. The summed E-state index contributed by atoms with van der Waals surface area (Å²) >= 11 is 3.02. The van der Waals surface area contributed by atoms with Gasteiger partial charge in [-0.15, -0.1) is 0 Å². The fraction of sp³-hybridized carbons (Fsp3) is 0.333. The number of carbonyl (C=O) groups is 2. The van der Waals surface area contributed by atoms with Crippen LogP contribution in [0.4, 0.5) is 4.79 Å². The predicted octanol–water partition coefficient (Wildman–Crippen LogP) is 2.27. The van der Waals surface area contributed by atoms with Gasteiger partial charge in [0.15, 0.2) is 11.9 Å². The third kappa shape index (κ3) is 4.99. The van der Waals surface area contributed by atoms with Crippen molar-refractivity contribution in [2.75, 3.05) is 5.33 Å². The number of amides is 1. The Morgan fingerprint density at radius 3 is 2.59 bits per heavy atom. The van der Waals surface area contributed by atoms with Gasteiger partial charge < -0.3 is 10.1 Å². The average Bonchev–Trinajstić information content (AvgIpc) is 2.36. The standard InChI is InChI=1S/C12H14BrNO3/c1-9(11(15)7-13)17-12(16)14-8-10-5-3-2-4-6-10/h2-6,9H,7-8H2,1H3,(H,14,16). The number of halogens is 1. The normalized spacial score (nSPS) is 11.6. The first-order chi connectivity index (χ1) is 8.13. The summed E-state index contributed by atoms with van der Waals surface area (Å²) in [5.74, 6) is -0.167. The van der Waals surface area contributed by atoms with Crippen LogP contribution in [0.3, 0.4) is 0 Å². The minimum Gasteiger partial charge on any atom is -0.438 e. The number of carbonyl (C=O) groups excluding carboxylic acids is 2. The zero-order valence-corrected chi connectivity index (χ0v) is 11.1. The van der Waals surface area contributed by atoms with Crippen molar-refractivity contribution in [1.29, 1.82) is 0 Å². The molecule has 0 bridgehead atoms. The molecule has 92 valence electrons. The largest absolute Gasteiger partial charge is 0.438 e. The first kappa shape index (κ1) is 13.7. The van der Waals surface area contributed by atoms with Crippen molar-refractivity contribution in [3.05, 3.63) is 35.9 Å². The van der Waals surface area contributed by atoms with Crippen molar-refractivity contribution in [1.82, 2.24) is 5.32 Å². The summed E-state index contributed by atoms with van der Waals surface area (Å²) in [5, 5.41) is 2.76. The quantitative estimate of drug-likeness (QED) is 0.849. The first-order valence-corrected chi connectivity index (χ1v) is 6.32. The van der Waals surface area contributed by atoms with E-state index >= 15 is 0 Å². The summed E-state index contributed by atoms with van der Waals surface area (Å²) in [4.78, 5) is 22.5. The molecule has 0 saturated carbocycles. The van der Waals surface area contributed by atoms with Gasteiger partial charge in [-0.05, 0) is 12.5 Å². The third-order valence-electron chi connectivity index (χ3n) is 2.15. The van der Waals surface area contributed by atoms with Gasteiger partial charge in [0.25, 0.3) is 0 Å². The van der Waals surface area contributed by atoms with E-state index in [0.29, 0.717) is 6.54 Å². The molecule has 1 aromatic rings. The second-order valence-corrected chi connectivity index (χ2v) is 4.05. The Morgan fingerprint density at radius 1 is 1.35 bits per heavy atom. The number of nitrogens with one attached hydrogen (secondary N) is 1. The maximum Gasteiger partial charge on any atom is 0.408 e. The maximum atomic E-state index is 11.3. The minimum atomic E-state index is -0.731. The number of ketones is 1. The molecule has 0 fully saturated rings. The number of benzene rings is 1. The molecule has 0 spiro atoms. The number of ether oxygens (including phenoxy) is 1. The number of hydrogen-bond acceptors (Lipinski definition) is 3. The molecule has 1 amide bonds. The van der Waals surface area contributed by atoms with Gasteiger partial charge >= 0.3 is 6.09 Å². The highest BCUT2D eigenvalue weighted by atomic mass is 79.9. The molecule has 1 unspecified atom stereocenters. The number of Topliss-reactive ketones (excluding diaryl/α,β-unsaturated/α-hetero) is 1. The van der Waals surface area contributed by atoms with Crippen LogP contribution in [-0.4, -0.2) is 23.3 Å². The Bertz CT molecular complexity index is 381. The highest BCUT2D eigenvalue weighted by Crippen LogP contribution is 2.00. The summed E-state index contributed by atoms with van der Waals surface area (Å²) in [6.45, 7) is 1.93. The summed E-state index contributed by atoms with van der Waals surface area (Å²) in [6, 6.07) is 9.47. The Labute approximate surface area is 108 Å². The van der Waals surface area contributed by atoms with E-state index in [-0.39, 0.29) is 11.1 Å². The lowest BCUT2D eigenvalue weighted by molar-refractivity contribution is -0.123. The lowest BCUT2D eigenvalue weighted by Gasteiger charge is -2.11. The van der Waals surface area contributed by atoms with E-state index in [4.69, 9.17) is 4.74 Å². The van der Waals surface area contributed by atoms with Gasteiger partial charge in [-0.3, -0.25) is 4.79 Å². The molecule has 1 atom stereocenters. The van der Waals surface area contributed by atoms with Crippen LogP contribution in [0.5, 0.6) is 0 Å². The van der Waals surface area contributed by atoms with E-state index in [1.807, 2.05) is 30.3 Å². The highest BCUT2D eigenvalue weighted by molar-refractivity contribution is 9.09. The molecule has 0 aromatic heterocycles. The van der Waals surface area contributed by atoms with Gasteiger partial charge in [0.2, 0.25) is 0 Å². The molecule has 5 heteroatoms. The van der Waals surface area contributed by atoms with E-state index in [1.165, 1.54) is 0 Å². The van der Waals surface area contributed by atoms with Crippen LogP contribution in [0, 0.1) is 0 Å². The topological polar surface area (TPSA) is 55.4 Å². The highest BCUT2D eigenvalue weighted by Gasteiger charge is 2.15. The average molecular weight is 300 g/mol. The molecule has 0 aliphatic carbocycles. The Balaban J connectivity index is 2.33. The van der Waals surface area contributed by atoms with Gasteiger partial charge in [-0.2, -0.15) is 0 Å². The molecule has 1 rings (SSSR count). The molecule has 4 nitrogen and oxygen atoms in total. The van der Waals surface area contributed by atoms with E-state index in [9.17, 15) is 9.59 Å². The Morgan fingerprint density at radius 2 is 2.00 bits per heavy atom. The third-order valence-corrected chi connectivity index (χ3v) is 2.70. The van der Waals surface area contributed by atoms with Crippen LogP contribution in [0.1, 0.15) is 12.5 Å². The van der Waals surface area contributed by atoms with Crippen molar-refractivity contribution >= 4 is 27.8 Å². The van der Waals surface area contributed by atoms with Crippen molar-refractivity contribution in [3.8, 4) is 0 Å². The summed E-state index contributed by atoms with van der Waals surface area (Å²) in [7, 11) is 0. The molecule has 0 radical (unpaired) electrons. The van der Waals surface area contributed by atoms with E-state index in [0.717, 1.165) is 5.56 Å². The number of alkyl halides is 1. The minimum absolute atomic E-state index is 0.167. The van der Waals surface area contributed by atoms with Crippen molar-refractivity contribution in [2.45, 2.75) is 19.6 Å².